The monoisotopic (exact) mass is 820 g/mol. The number of nitriles is 1. The van der Waals surface area contributed by atoms with Crippen molar-refractivity contribution >= 4 is 35.2 Å². The number of nitrogens with zero attached hydrogens (tertiary/aromatic N) is 4. The quantitative estimate of drug-likeness (QED) is 0.0890. The highest BCUT2D eigenvalue weighted by Gasteiger charge is 2.35. The highest BCUT2D eigenvalue weighted by atomic mass is 19.4. The molecule has 3 heterocycles. The predicted molar refractivity (Wildman–Crippen MR) is 221 cm³/mol. The Morgan fingerprint density at radius 2 is 1.63 bits per heavy atom. The molecule has 2 saturated heterocycles. The van der Waals surface area contributed by atoms with E-state index in [0.717, 1.165) is 58.0 Å². The first-order chi connectivity index (χ1) is 28.8. The van der Waals surface area contributed by atoms with Gasteiger partial charge in [-0.25, -0.2) is 4.98 Å². The van der Waals surface area contributed by atoms with Crippen LogP contribution in [0.3, 0.4) is 0 Å². The van der Waals surface area contributed by atoms with E-state index in [1.165, 1.54) is 26.2 Å². The first-order valence-corrected chi connectivity index (χ1v) is 20.0. The molecule has 7 rings (SSSR count). The molecule has 4 aromatic carbocycles. The Morgan fingerprint density at radius 1 is 0.933 bits per heavy atom. The molecule has 0 spiro atoms. The number of carbonyl (C=O) groups is 2. The summed E-state index contributed by atoms with van der Waals surface area (Å²) in [5.41, 5.74) is 6.82. The normalized spacial score (nSPS) is 17.4. The van der Waals surface area contributed by atoms with Gasteiger partial charge in [0.05, 0.1) is 30.8 Å². The smallest absolute Gasteiger partial charge is 0.417 e. The lowest BCUT2D eigenvalue weighted by Crippen LogP contribution is -2.24. The number of methoxy groups -OCH3 is 1. The number of hydrogen-bond donors (Lipinski definition) is 0. The van der Waals surface area contributed by atoms with Crippen LogP contribution >= 0.6 is 0 Å². The third-order valence-electron chi connectivity index (χ3n) is 11.4. The lowest BCUT2D eigenvalue weighted by molar-refractivity contribution is -0.147. The van der Waals surface area contributed by atoms with Crippen LogP contribution in [0.2, 0.25) is 0 Å². The van der Waals surface area contributed by atoms with Crippen molar-refractivity contribution in [2.24, 2.45) is 5.92 Å². The predicted octanol–water partition coefficient (Wildman–Crippen LogP) is 9.37. The second-order valence-corrected chi connectivity index (χ2v) is 15.4. The summed E-state index contributed by atoms with van der Waals surface area (Å²) in [7, 11) is 1.44. The molecule has 312 valence electrons. The van der Waals surface area contributed by atoms with Crippen LogP contribution in [0.4, 0.5) is 13.2 Å². The van der Waals surface area contributed by atoms with Crippen molar-refractivity contribution < 1.29 is 41.4 Å². The summed E-state index contributed by atoms with van der Waals surface area (Å²) >= 11 is 0. The Bertz CT molecular complexity index is 2500. The minimum absolute atomic E-state index is 0.0255. The van der Waals surface area contributed by atoms with Gasteiger partial charge in [-0.2, -0.15) is 18.4 Å². The van der Waals surface area contributed by atoms with E-state index in [0.29, 0.717) is 73.1 Å². The maximum atomic E-state index is 14.6. The van der Waals surface area contributed by atoms with Crippen molar-refractivity contribution in [2.45, 2.75) is 65.9 Å². The van der Waals surface area contributed by atoms with E-state index in [1.807, 2.05) is 61.2 Å². The van der Waals surface area contributed by atoms with Crippen molar-refractivity contribution in [1.29, 1.82) is 5.26 Å². The number of likely N-dealkylation sites (tertiary alicyclic amines) is 2. The summed E-state index contributed by atoms with van der Waals surface area (Å²) in [4.78, 5) is 32.7. The van der Waals surface area contributed by atoms with Crippen molar-refractivity contribution in [3.63, 3.8) is 0 Å². The molecular formula is C47H47F3N4O6. The van der Waals surface area contributed by atoms with Gasteiger partial charge in [0.2, 0.25) is 5.89 Å². The molecular weight excluding hydrogens is 774 g/mol. The van der Waals surface area contributed by atoms with Gasteiger partial charge in [0.25, 0.3) is 0 Å². The minimum atomic E-state index is -4.62. The second kappa shape index (κ2) is 17.7. The number of halogens is 3. The molecule has 13 heteroatoms. The number of hydrogen-bond acceptors (Lipinski definition) is 10. The molecule has 2 aliphatic rings. The molecule has 0 amide bonds. The van der Waals surface area contributed by atoms with E-state index in [-0.39, 0.29) is 36.1 Å². The Kier molecular flexibility index (Phi) is 12.4. The number of ether oxygens (including phenoxy) is 3. The summed E-state index contributed by atoms with van der Waals surface area (Å²) in [6.45, 7) is 10.5. The molecule has 0 N–H and O–H groups in total. The van der Waals surface area contributed by atoms with Gasteiger partial charge in [-0.15, -0.1) is 0 Å². The average Bonchev–Trinajstić information content (AvgIpc) is 3.97. The number of fused-ring (bicyclic) bond motifs is 1. The Labute approximate surface area is 347 Å². The van der Waals surface area contributed by atoms with Gasteiger partial charge >= 0.3 is 18.1 Å². The summed E-state index contributed by atoms with van der Waals surface area (Å²) < 4.78 is 66.1. The number of alkyl halides is 3. The molecule has 0 unspecified atom stereocenters. The van der Waals surface area contributed by atoms with Crippen molar-refractivity contribution in [3.05, 3.63) is 105 Å². The highest BCUT2D eigenvalue weighted by Crippen LogP contribution is 2.39. The molecule has 0 radical (unpaired) electrons. The van der Waals surface area contributed by atoms with Gasteiger partial charge in [-0.05, 0) is 109 Å². The van der Waals surface area contributed by atoms with Crippen LogP contribution in [0.1, 0.15) is 71.2 Å². The summed E-state index contributed by atoms with van der Waals surface area (Å²) in [6, 6.07) is 20.1. The van der Waals surface area contributed by atoms with E-state index in [2.05, 4.69) is 11.0 Å². The number of oxazole rings is 1. The van der Waals surface area contributed by atoms with Gasteiger partial charge in [0.1, 0.15) is 23.4 Å². The van der Waals surface area contributed by atoms with Crippen LogP contribution in [0.15, 0.2) is 65.1 Å². The highest BCUT2D eigenvalue weighted by molar-refractivity contribution is 5.86. The maximum Gasteiger partial charge on any atom is 0.417 e. The van der Waals surface area contributed by atoms with E-state index < -0.39 is 11.7 Å². The third kappa shape index (κ3) is 9.10. The maximum absolute atomic E-state index is 14.6. The zero-order valence-electron chi connectivity index (χ0n) is 34.3. The van der Waals surface area contributed by atoms with Crippen LogP contribution in [-0.2, 0) is 38.3 Å². The molecule has 5 aromatic rings. The largest absolute Gasteiger partial charge is 0.496 e. The van der Waals surface area contributed by atoms with E-state index >= 15 is 0 Å². The Balaban J connectivity index is 1.15. The van der Waals surface area contributed by atoms with Crippen molar-refractivity contribution in [1.82, 2.24) is 14.8 Å². The fourth-order valence-corrected chi connectivity index (χ4v) is 8.38. The lowest BCUT2D eigenvalue weighted by Gasteiger charge is -2.20. The topological polar surface area (TPSA) is 118 Å². The van der Waals surface area contributed by atoms with Crippen molar-refractivity contribution in [2.75, 3.05) is 39.9 Å². The van der Waals surface area contributed by atoms with Crippen LogP contribution < -0.4 is 4.74 Å². The van der Waals surface area contributed by atoms with Crippen LogP contribution in [0, 0.1) is 31.1 Å². The summed E-state index contributed by atoms with van der Waals surface area (Å²) in [6.07, 6.45) is -0.425. The molecule has 2 aliphatic heterocycles. The fourth-order valence-electron chi connectivity index (χ4n) is 8.38. The number of benzene rings is 4. The molecule has 60 heavy (non-hydrogen) atoms. The fraction of sp³-hybridized carbons (Fsp3) is 0.362. The number of rotatable bonds is 12. The molecule has 2 fully saturated rings. The SMILES string of the molecule is CCOC(=O)[C@@H]1CCN(Cc2cc(C#N)c3oc(-c4cccc(-c5cccc(/C=C/c6cc(OC)c(CN7CC[C@@H](OC(C)=O)C7)cc6C(F)(F)F)c5C)c4C)nc3c2)C1. The first-order valence-electron chi connectivity index (χ1n) is 20.0. The standard InChI is InChI=1S/C47H47F3N4O6/c1-6-58-46(56)34-15-17-53(25-34)24-31-19-35(23-51)44-42(20-31)52-45(60-44)40-12-8-11-39(29(40)3)38-10-7-9-32(28(38)2)13-14-33-22-43(57-5)36(21-41(33)47(48,49)50)26-54-18-16-37(27-54)59-30(4)55/h7-14,19-22,34,37H,6,15-18,24-27H2,1-5H3/b14-13+/t34-,37-/m1/s1. The Morgan fingerprint density at radius 3 is 2.35 bits per heavy atom. The van der Waals surface area contributed by atoms with Crippen LogP contribution in [0.25, 0.3) is 45.8 Å². The van der Waals surface area contributed by atoms with Gasteiger partial charge in [0, 0.05) is 50.8 Å². The number of carbonyl (C=O) groups excluding carboxylic acids is 2. The molecule has 2 atom stereocenters. The minimum Gasteiger partial charge on any atom is -0.496 e. The second-order valence-electron chi connectivity index (χ2n) is 15.4. The van der Waals surface area contributed by atoms with Crippen molar-refractivity contribution in [3.8, 4) is 34.4 Å². The van der Waals surface area contributed by atoms with Gasteiger partial charge in [-0.3, -0.25) is 19.4 Å². The van der Waals surface area contributed by atoms with Gasteiger partial charge in [0.15, 0.2) is 5.58 Å². The summed E-state index contributed by atoms with van der Waals surface area (Å²) in [5.74, 6) is -0.0302. The molecule has 1 aromatic heterocycles. The average molecular weight is 821 g/mol. The Hall–Kier alpha value is -5.97. The molecule has 0 bridgehead atoms. The number of esters is 2. The van der Waals surface area contributed by atoms with E-state index in [1.54, 1.807) is 19.1 Å². The van der Waals surface area contributed by atoms with Crippen LogP contribution in [0.5, 0.6) is 5.75 Å². The third-order valence-corrected chi connectivity index (χ3v) is 11.4. The first kappa shape index (κ1) is 42.2. The lowest BCUT2D eigenvalue weighted by atomic mass is 9.91. The zero-order valence-corrected chi connectivity index (χ0v) is 34.3. The molecule has 10 nitrogen and oxygen atoms in total. The van der Waals surface area contributed by atoms with Crippen LogP contribution in [-0.4, -0.2) is 72.7 Å². The zero-order chi connectivity index (χ0) is 42.7. The van der Waals surface area contributed by atoms with E-state index in [9.17, 15) is 28.0 Å². The molecule has 0 saturated carbocycles. The molecule has 0 aliphatic carbocycles. The van der Waals surface area contributed by atoms with Gasteiger partial charge < -0.3 is 18.6 Å². The van der Waals surface area contributed by atoms with Gasteiger partial charge in [-0.1, -0.05) is 42.5 Å². The van der Waals surface area contributed by atoms with E-state index in [4.69, 9.17) is 23.6 Å². The summed E-state index contributed by atoms with van der Waals surface area (Å²) in [5, 5.41) is 10.1. The number of aromatic nitrogens is 1.